The summed E-state index contributed by atoms with van der Waals surface area (Å²) in [6, 6.07) is 0.486. The maximum atomic E-state index is 5.49. The van der Waals surface area contributed by atoms with Crippen LogP contribution in [0.1, 0.15) is 39.5 Å². The van der Waals surface area contributed by atoms with Crippen molar-refractivity contribution in [2.75, 3.05) is 19.8 Å². The lowest BCUT2D eigenvalue weighted by Crippen LogP contribution is -2.33. The topological polar surface area (TPSA) is 30.5 Å². The lowest BCUT2D eigenvalue weighted by Gasteiger charge is -2.21. The average Bonchev–Trinajstić information content (AvgIpc) is 2.74. The van der Waals surface area contributed by atoms with E-state index in [1.807, 2.05) is 0 Å². The highest BCUT2D eigenvalue weighted by molar-refractivity contribution is 4.89. The second-order valence-electron chi connectivity index (χ2n) is 4.55. The van der Waals surface area contributed by atoms with E-state index >= 15 is 0 Å². The van der Waals surface area contributed by atoms with Crippen LogP contribution < -0.4 is 5.32 Å². The quantitative estimate of drug-likeness (QED) is 0.646. The number of allylic oxidation sites excluding steroid dienone is 1. The van der Waals surface area contributed by atoms with Gasteiger partial charge in [-0.05, 0) is 32.7 Å². The molecule has 1 fully saturated rings. The van der Waals surface area contributed by atoms with Crippen molar-refractivity contribution in [3.8, 4) is 0 Å². The normalized spacial score (nSPS) is 18.9. The Balaban J connectivity index is 2.26. The Labute approximate surface area is 99.2 Å². The molecule has 1 rings (SSSR count). The zero-order valence-electron chi connectivity index (χ0n) is 10.6. The fourth-order valence-corrected chi connectivity index (χ4v) is 1.85. The van der Waals surface area contributed by atoms with Crippen LogP contribution in [0.5, 0.6) is 0 Å². The summed E-state index contributed by atoms with van der Waals surface area (Å²) < 4.78 is 11.0. The van der Waals surface area contributed by atoms with Crippen molar-refractivity contribution in [2.45, 2.75) is 51.9 Å². The summed E-state index contributed by atoms with van der Waals surface area (Å²) in [5, 5.41) is 3.55. The van der Waals surface area contributed by atoms with Gasteiger partial charge < -0.3 is 14.8 Å². The molecule has 16 heavy (non-hydrogen) atoms. The summed E-state index contributed by atoms with van der Waals surface area (Å²) in [7, 11) is 0. The predicted molar refractivity (Wildman–Crippen MR) is 66.4 cm³/mol. The van der Waals surface area contributed by atoms with Gasteiger partial charge in [0.2, 0.25) is 0 Å². The van der Waals surface area contributed by atoms with Gasteiger partial charge in [-0.1, -0.05) is 12.5 Å². The van der Waals surface area contributed by atoms with Crippen LogP contribution in [0.25, 0.3) is 0 Å². The van der Waals surface area contributed by atoms with Gasteiger partial charge in [0.05, 0.1) is 13.2 Å². The molecule has 0 aromatic rings. The second kappa shape index (κ2) is 7.82. The van der Waals surface area contributed by atoms with Crippen LogP contribution in [0, 0.1) is 0 Å². The minimum atomic E-state index is -0.000484. The maximum Gasteiger partial charge on any atom is 0.159 e. The van der Waals surface area contributed by atoms with Crippen molar-refractivity contribution in [3.63, 3.8) is 0 Å². The Morgan fingerprint density at radius 3 is 2.69 bits per heavy atom. The first-order chi connectivity index (χ1) is 7.72. The van der Waals surface area contributed by atoms with Gasteiger partial charge in [0.1, 0.15) is 0 Å². The molecule has 1 saturated heterocycles. The number of nitrogens with one attached hydrogen (secondary N) is 1. The first kappa shape index (κ1) is 13.7. The first-order valence-corrected chi connectivity index (χ1v) is 6.33. The summed E-state index contributed by atoms with van der Waals surface area (Å²) in [5.41, 5.74) is 1.25. The van der Waals surface area contributed by atoms with Crippen LogP contribution in [0.3, 0.4) is 0 Å². The molecule has 0 amide bonds. The second-order valence-corrected chi connectivity index (χ2v) is 4.55. The van der Waals surface area contributed by atoms with Crippen molar-refractivity contribution in [2.24, 2.45) is 0 Å². The van der Waals surface area contributed by atoms with Gasteiger partial charge in [0.25, 0.3) is 0 Å². The van der Waals surface area contributed by atoms with Crippen molar-refractivity contribution >= 4 is 0 Å². The molecule has 3 nitrogen and oxygen atoms in total. The number of ether oxygens (including phenoxy) is 2. The van der Waals surface area contributed by atoms with Gasteiger partial charge in [-0.25, -0.2) is 0 Å². The van der Waals surface area contributed by atoms with Gasteiger partial charge in [-0.3, -0.25) is 0 Å². The smallest absolute Gasteiger partial charge is 0.159 e. The summed E-state index contributed by atoms with van der Waals surface area (Å²) >= 11 is 0. The molecule has 1 N–H and O–H groups in total. The molecule has 0 spiro atoms. The van der Waals surface area contributed by atoms with E-state index in [1.54, 1.807) is 0 Å². The number of rotatable bonds is 8. The Morgan fingerprint density at radius 1 is 1.44 bits per heavy atom. The lowest BCUT2D eigenvalue weighted by atomic mass is 10.0. The summed E-state index contributed by atoms with van der Waals surface area (Å²) in [5.74, 6) is 0. The fourth-order valence-electron chi connectivity index (χ4n) is 1.85. The minimum absolute atomic E-state index is 0.000484. The standard InChI is InChI=1S/C13H25NO2/c1-4-7-14-12(6-5-11(2)3)10-13-15-8-9-16-13/h12-14H,2,4-10H2,1,3H3. The van der Waals surface area contributed by atoms with E-state index in [1.165, 1.54) is 5.57 Å². The zero-order chi connectivity index (χ0) is 11.8. The Hall–Kier alpha value is -0.380. The van der Waals surface area contributed by atoms with Crippen LogP contribution >= 0.6 is 0 Å². The van der Waals surface area contributed by atoms with Crippen molar-refractivity contribution in [1.82, 2.24) is 5.32 Å². The number of hydrogen-bond donors (Lipinski definition) is 1. The van der Waals surface area contributed by atoms with Gasteiger partial charge in [0, 0.05) is 12.5 Å². The third-order valence-electron chi connectivity index (χ3n) is 2.77. The third-order valence-corrected chi connectivity index (χ3v) is 2.77. The summed E-state index contributed by atoms with van der Waals surface area (Å²) in [6.45, 7) is 10.8. The van der Waals surface area contributed by atoms with E-state index in [0.717, 1.165) is 45.4 Å². The molecule has 0 saturated carbocycles. The summed E-state index contributed by atoms with van der Waals surface area (Å²) in [6.07, 6.45) is 4.31. The first-order valence-electron chi connectivity index (χ1n) is 6.33. The average molecular weight is 227 g/mol. The van der Waals surface area contributed by atoms with Gasteiger partial charge >= 0.3 is 0 Å². The zero-order valence-corrected chi connectivity index (χ0v) is 10.6. The molecule has 0 aromatic heterocycles. The van der Waals surface area contributed by atoms with Crippen molar-refractivity contribution in [1.29, 1.82) is 0 Å². The monoisotopic (exact) mass is 227 g/mol. The highest BCUT2D eigenvalue weighted by atomic mass is 16.7. The molecule has 1 aliphatic rings. The molecule has 1 aliphatic heterocycles. The molecule has 0 radical (unpaired) electrons. The molecule has 0 aliphatic carbocycles. The van der Waals surface area contributed by atoms with E-state index < -0.39 is 0 Å². The Morgan fingerprint density at radius 2 is 2.12 bits per heavy atom. The van der Waals surface area contributed by atoms with Crippen LogP contribution in [-0.2, 0) is 9.47 Å². The highest BCUT2D eigenvalue weighted by Crippen LogP contribution is 2.15. The van der Waals surface area contributed by atoms with E-state index in [-0.39, 0.29) is 6.29 Å². The molecule has 1 unspecified atom stereocenters. The van der Waals surface area contributed by atoms with Gasteiger partial charge in [0.15, 0.2) is 6.29 Å². The van der Waals surface area contributed by atoms with Crippen LogP contribution in [0.15, 0.2) is 12.2 Å². The Bertz CT molecular complexity index is 200. The Kier molecular flexibility index (Phi) is 6.69. The molecule has 94 valence electrons. The fraction of sp³-hybridized carbons (Fsp3) is 0.846. The predicted octanol–water partition coefficient (Wildman–Crippen LogP) is 2.47. The molecule has 0 bridgehead atoms. The highest BCUT2D eigenvalue weighted by Gasteiger charge is 2.20. The summed E-state index contributed by atoms with van der Waals surface area (Å²) in [4.78, 5) is 0. The lowest BCUT2D eigenvalue weighted by molar-refractivity contribution is -0.0531. The van der Waals surface area contributed by atoms with E-state index in [0.29, 0.717) is 6.04 Å². The maximum absolute atomic E-state index is 5.49. The van der Waals surface area contributed by atoms with Gasteiger partial charge in [-0.15, -0.1) is 6.58 Å². The SMILES string of the molecule is C=C(C)CCC(CC1OCCO1)NCCC. The third kappa shape index (κ3) is 5.64. The van der Waals surface area contributed by atoms with Crippen molar-refractivity contribution < 1.29 is 9.47 Å². The molecular weight excluding hydrogens is 202 g/mol. The van der Waals surface area contributed by atoms with E-state index in [9.17, 15) is 0 Å². The molecule has 3 heteroatoms. The molecule has 1 heterocycles. The molecule has 1 atom stereocenters. The largest absolute Gasteiger partial charge is 0.350 e. The number of hydrogen-bond acceptors (Lipinski definition) is 3. The van der Waals surface area contributed by atoms with Gasteiger partial charge in [-0.2, -0.15) is 0 Å². The molecular formula is C13H25NO2. The van der Waals surface area contributed by atoms with Crippen LogP contribution in [0.2, 0.25) is 0 Å². The van der Waals surface area contributed by atoms with Crippen LogP contribution in [-0.4, -0.2) is 32.1 Å². The van der Waals surface area contributed by atoms with Crippen molar-refractivity contribution in [3.05, 3.63) is 12.2 Å². The van der Waals surface area contributed by atoms with E-state index in [4.69, 9.17) is 9.47 Å². The van der Waals surface area contributed by atoms with Crippen LogP contribution in [0.4, 0.5) is 0 Å². The molecule has 0 aromatic carbocycles. The van der Waals surface area contributed by atoms with E-state index in [2.05, 4.69) is 25.7 Å². The minimum Gasteiger partial charge on any atom is -0.350 e.